The number of guanidine groups is 1. The van der Waals surface area contributed by atoms with Crippen LogP contribution in [-0.2, 0) is 4.79 Å². The highest BCUT2D eigenvalue weighted by Crippen LogP contribution is 2.24. The van der Waals surface area contributed by atoms with E-state index >= 15 is 0 Å². The van der Waals surface area contributed by atoms with Gasteiger partial charge in [-0.3, -0.25) is 14.7 Å². The Bertz CT molecular complexity index is 684. The standard InChI is InChI=1S/C20H32F2N6O/c1-4-24-20(26-14-8-10-28(11-9-14)13-18(23)29)25-12-17(27(2)3)19-15(21)6-5-7-16(19)22/h5-7,14,17H,4,8-13H2,1-3H3,(H2,23,29)(H2,24,25,26). The van der Waals surface area contributed by atoms with Crippen molar-refractivity contribution in [3.8, 4) is 0 Å². The molecule has 29 heavy (non-hydrogen) atoms. The van der Waals surface area contributed by atoms with E-state index < -0.39 is 17.7 Å². The second kappa shape index (κ2) is 11.1. The zero-order chi connectivity index (χ0) is 21.4. The molecule has 2 rings (SSSR count). The number of primary amides is 1. The Balaban J connectivity index is 2.04. The molecule has 0 aromatic heterocycles. The molecule has 0 aliphatic carbocycles. The van der Waals surface area contributed by atoms with Crippen LogP contribution in [0.1, 0.15) is 31.4 Å². The Hall–Kier alpha value is -2.26. The number of rotatable bonds is 8. The van der Waals surface area contributed by atoms with Crippen LogP contribution in [0, 0.1) is 11.6 Å². The number of benzene rings is 1. The second-order valence-corrected chi connectivity index (χ2v) is 7.50. The first-order chi connectivity index (χ1) is 13.8. The monoisotopic (exact) mass is 410 g/mol. The molecule has 0 saturated carbocycles. The number of carbonyl (C=O) groups is 1. The second-order valence-electron chi connectivity index (χ2n) is 7.50. The number of aliphatic imine (C=N–C) groups is 1. The number of nitrogens with zero attached hydrogens (tertiary/aromatic N) is 3. The summed E-state index contributed by atoms with van der Waals surface area (Å²) in [5, 5.41) is 6.59. The van der Waals surface area contributed by atoms with Crippen LogP contribution in [0.4, 0.5) is 8.78 Å². The zero-order valence-corrected chi connectivity index (χ0v) is 17.4. The van der Waals surface area contributed by atoms with Crippen LogP contribution in [-0.4, -0.2) is 74.5 Å². The third-order valence-electron chi connectivity index (χ3n) is 5.03. The Labute approximate surface area is 171 Å². The molecular weight excluding hydrogens is 378 g/mol. The SMILES string of the molecule is CCNC(=NCC(c1c(F)cccc1F)N(C)C)NC1CCN(CC(N)=O)CC1. The highest BCUT2D eigenvalue weighted by atomic mass is 19.1. The molecule has 1 atom stereocenters. The summed E-state index contributed by atoms with van der Waals surface area (Å²) in [6, 6.07) is 3.58. The first-order valence-electron chi connectivity index (χ1n) is 9.97. The molecule has 7 nitrogen and oxygen atoms in total. The van der Waals surface area contributed by atoms with E-state index in [4.69, 9.17) is 5.73 Å². The van der Waals surface area contributed by atoms with Crippen molar-refractivity contribution in [2.24, 2.45) is 10.7 Å². The van der Waals surface area contributed by atoms with Gasteiger partial charge in [-0.1, -0.05) is 6.07 Å². The molecule has 1 aromatic carbocycles. The van der Waals surface area contributed by atoms with E-state index in [0.29, 0.717) is 12.5 Å². The van der Waals surface area contributed by atoms with Gasteiger partial charge in [0, 0.05) is 31.2 Å². The maximum Gasteiger partial charge on any atom is 0.231 e. The molecule has 162 valence electrons. The lowest BCUT2D eigenvalue weighted by Gasteiger charge is -2.32. The van der Waals surface area contributed by atoms with Gasteiger partial charge in [-0.15, -0.1) is 0 Å². The van der Waals surface area contributed by atoms with Gasteiger partial charge >= 0.3 is 0 Å². The van der Waals surface area contributed by atoms with Crippen molar-refractivity contribution in [2.75, 3.05) is 46.8 Å². The Morgan fingerprint density at radius 2 is 1.93 bits per heavy atom. The molecule has 1 aliphatic rings. The molecule has 1 saturated heterocycles. The van der Waals surface area contributed by atoms with Gasteiger partial charge in [0.1, 0.15) is 11.6 Å². The van der Waals surface area contributed by atoms with Crippen molar-refractivity contribution in [3.63, 3.8) is 0 Å². The van der Waals surface area contributed by atoms with Crippen LogP contribution >= 0.6 is 0 Å². The van der Waals surface area contributed by atoms with E-state index in [1.165, 1.54) is 18.2 Å². The van der Waals surface area contributed by atoms with Gasteiger partial charge in [0.2, 0.25) is 5.91 Å². The fourth-order valence-electron chi connectivity index (χ4n) is 3.49. The zero-order valence-electron chi connectivity index (χ0n) is 17.4. The van der Waals surface area contributed by atoms with Gasteiger partial charge in [0.25, 0.3) is 0 Å². The van der Waals surface area contributed by atoms with E-state index in [1.807, 2.05) is 11.8 Å². The topological polar surface area (TPSA) is 86.0 Å². The Morgan fingerprint density at radius 3 is 2.45 bits per heavy atom. The van der Waals surface area contributed by atoms with E-state index in [0.717, 1.165) is 25.9 Å². The van der Waals surface area contributed by atoms with Crippen LogP contribution in [0.3, 0.4) is 0 Å². The van der Waals surface area contributed by atoms with Crippen molar-refractivity contribution < 1.29 is 13.6 Å². The van der Waals surface area contributed by atoms with Crippen LogP contribution < -0.4 is 16.4 Å². The van der Waals surface area contributed by atoms with Gasteiger partial charge in [0.15, 0.2) is 5.96 Å². The van der Waals surface area contributed by atoms with Gasteiger partial charge in [-0.05, 0) is 46.0 Å². The van der Waals surface area contributed by atoms with E-state index in [9.17, 15) is 13.6 Å². The Kier molecular flexibility index (Phi) is 8.78. The normalized spacial score (nSPS) is 17.4. The minimum atomic E-state index is -0.571. The highest BCUT2D eigenvalue weighted by Gasteiger charge is 2.23. The summed E-state index contributed by atoms with van der Waals surface area (Å²) in [5.74, 6) is -0.844. The fourth-order valence-corrected chi connectivity index (χ4v) is 3.49. The molecule has 1 aromatic rings. The largest absolute Gasteiger partial charge is 0.369 e. The lowest BCUT2D eigenvalue weighted by Crippen LogP contribution is -2.50. The average molecular weight is 411 g/mol. The molecular formula is C20H32F2N6O. The highest BCUT2D eigenvalue weighted by molar-refractivity contribution is 5.80. The van der Waals surface area contributed by atoms with Gasteiger partial charge in [-0.25, -0.2) is 8.78 Å². The van der Waals surface area contributed by atoms with Crippen LogP contribution in [0.15, 0.2) is 23.2 Å². The molecule has 0 bridgehead atoms. The minimum Gasteiger partial charge on any atom is -0.369 e. The maximum atomic E-state index is 14.2. The average Bonchev–Trinajstić information content (AvgIpc) is 2.65. The number of nitrogens with two attached hydrogens (primary N) is 1. The van der Waals surface area contributed by atoms with Crippen LogP contribution in [0.2, 0.25) is 0 Å². The smallest absolute Gasteiger partial charge is 0.231 e. The number of amides is 1. The van der Waals surface area contributed by atoms with Crippen molar-refractivity contribution in [2.45, 2.75) is 31.8 Å². The number of likely N-dealkylation sites (N-methyl/N-ethyl adjacent to an activating group) is 1. The van der Waals surface area contributed by atoms with Gasteiger partial charge < -0.3 is 21.3 Å². The molecule has 1 amide bonds. The molecule has 1 fully saturated rings. The molecule has 0 radical (unpaired) electrons. The number of halogens is 2. The lowest BCUT2D eigenvalue weighted by atomic mass is 10.0. The van der Waals surface area contributed by atoms with Crippen molar-refractivity contribution in [1.29, 1.82) is 0 Å². The number of carbonyl (C=O) groups excluding carboxylic acids is 1. The van der Waals surface area contributed by atoms with Crippen molar-refractivity contribution >= 4 is 11.9 Å². The minimum absolute atomic E-state index is 0.0249. The fraction of sp³-hybridized carbons (Fsp3) is 0.600. The summed E-state index contributed by atoms with van der Waals surface area (Å²) in [6.07, 6.45) is 1.72. The number of nitrogens with one attached hydrogen (secondary N) is 2. The number of hydrogen-bond donors (Lipinski definition) is 3. The van der Waals surface area contributed by atoms with E-state index in [1.54, 1.807) is 19.0 Å². The van der Waals surface area contributed by atoms with Crippen LogP contribution in [0.25, 0.3) is 0 Å². The summed E-state index contributed by atoms with van der Waals surface area (Å²) in [6.45, 7) is 4.68. The summed E-state index contributed by atoms with van der Waals surface area (Å²) in [7, 11) is 3.56. The summed E-state index contributed by atoms with van der Waals surface area (Å²) < 4.78 is 28.5. The van der Waals surface area contributed by atoms with E-state index in [-0.39, 0.29) is 30.6 Å². The molecule has 9 heteroatoms. The number of hydrogen-bond acceptors (Lipinski definition) is 4. The van der Waals surface area contributed by atoms with Crippen molar-refractivity contribution in [1.82, 2.24) is 20.4 Å². The molecule has 1 aliphatic heterocycles. The summed E-state index contributed by atoms with van der Waals surface area (Å²) in [5.41, 5.74) is 5.28. The molecule has 4 N–H and O–H groups in total. The quantitative estimate of drug-likeness (QED) is 0.441. The first kappa shape index (κ1) is 23.0. The summed E-state index contributed by atoms with van der Waals surface area (Å²) in [4.78, 5) is 19.4. The number of piperidine rings is 1. The maximum absolute atomic E-state index is 14.2. The molecule has 0 spiro atoms. The third-order valence-corrected chi connectivity index (χ3v) is 5.03. The lowest BCUT2D eigenvalue weighted by molar-refractivity contribution is -0.119. The van der Waals surface area contributed by atoms with Gasteiger partial charge in [-0.2, -0.15) is 0 Å². The van der Waals surface area contributed by atoms with Crippen molar-refractivity contribution in [3.05, 3.63) is 35.4 Å². The molecule has 1 heterocycles. The predicted molar refractivity (Wildman–Crippen MR) is 111 cm³/mol. The third kappa shape index (κ3) is 6.93. The first-order valence-corrected chi connectivity index (χ1v) is 9.97. The Morgan fingerprint density at radius 1 is 1.31 bits per heavy atom. The van der Waals surface area contributed by atoms with Crippen LogP contribution in [0.5, 0.6) is 0 Å². The van der Waals surface area contributed by atoms with E-state index in [2.05, 4.69) is 15.6 Å². The molecule has 1 unspecified atom stereocenters. The summed E-state index contributed by atoms with van der Waals surface area (Å²) >= 11 is 0. The van der Waals surface area contributed by atoms with Gasteiger partial charge in [0.05, 0.1) is 19.1 Å². The predicted octanol–water partition coefficient (Wildman–Crippen LogP) is 1.07. The number of likely N-dealkylation sites (tertiary alicyclic amines) is 1.